The number of aliphatic hydroxyl groups excluding tert-OH is 2. The number of carbonyl (C=O) groups excluding carboxylic acids is 4. The summed E-state index contributed by atoms with van der Waals surface area (Å²) in [6, 6.07) is 7.28. The molecule has 22 heteroatoms. The van der Waals surface area contributed by atoms with E-state index in [9.17, 15) is 43.7 Å². The van der Waals surface area contributed by atoms with Crippen molar-refractivity contribution in [2.75, 3.05) is 45.6 Å². The Hall–Kier alpha value is -6.66. The standard InChI is InChI=1S/C44H69NO12.C20H18FN5O3/c1-10-13-31-19-25(2)18-26(3)20-37(54-8)40-38(55-9)22-28(5)44(52,57-40)41(49)42(50)45-17-12-11-14-32(45)43(51)56-39(29(6)34(47)24-35(31)48)27(4)21-30-15-16-33(46)36(23-30)53-7;1-10-6-13(8-16(28-3)17(10)21)24-19-22-9-11(2)18(26-19)23-12-4-5-15-14(7-12)25-20(27)29-15/h10,19,21,26,28-34,36-40,46-47,52H,1,11-18,20,22-24H2,2-9H3;4-9H,1-3H3,(H,25,27)(H2,22,23,24,26)/b25-19+,27-21+;/t26-,28+,29+,30-,31+,32-,33+,34-,36+,37-,38-,39+,40+,44+;/m0./s1. The zero-order valence-electron chi connectivity index (χ0n) is 51.4. The Morgan fingerprint density at radius 3 is 2.30 bits per heavy atom. The molecule has 1 amide bonds. The quantitative estimate of drug-likeness (QED) is 0.0439. The van der Waals surface area contributed by atoms with Crippen LogP contribution in [0.5, 0.6) is 5.75 Å². The number of ketones is 2. The van der Waals surface area contributed by atoms with Crippen molar-refractivity contribution in [3.05, 3.63) is 100.0 Å². The number of fused-ring (bicyclic) bond motifs is 4. The van der Waals surface area contributed by atoms with Crippen molar-refractivity contribution >= 4 is 57.7 Å². The van der Waals surface area contributed by atoms with Gasteiger partial charge in [0.2, 0.25) is 11.7 Å². The SMILES string of the molecule is C=CC[C@@H]1/C=C(\C)C[C@H](C)C[C@H](OC)[C@H]2O[C@@](O)(C(=O)C(=O)N3CCCC[C@H]3C(=O)O[C@H](/C(C)=C/[C@@H]3CC[C@@H](O)[C@H](OC)C3)[C@H](C)[C@@H](O)CC1=O)[C@H](C)C[C@@H]2OC.COc1cc(Nc2ncc(C)c(Nc3ccc4oc(=O)[nH]c4c3)n2)cc(C)c1F. The fourth-order valence-electron chi connectivity index (χ4n) is 12.3. The van der Waals surface area contributed by atoms with E-state index in [0.29, 0.717) is 91.1 Å². The topological polar surface area (TPSA) is 283 Å². The number of nitrogens with zero attached hydrogens (tertiary/aromatic N) is 3. The Morgan fingerprint density at radius 2 is 1.60 bits per heavy atom. The van der Waals surface area contributed by atoms with Crippen LogP contribution in [0.25, 0.3) is 11.1 Å². The van der Waals surface area contributed by atoms with E-state index < -0.39 is 95.4 Å². The lowest BCUT2D eigenvalue weighted by Gasteiger charge is -2.47. The first kappa shape index (κ1) is 66.9. The van der Waals surface area contributed by atoms with E-state index in [2.05, 4.69) is 32.2 Å². The van der Waals surface area contributed by atoms with Gasteiger partial charge in [-0.15, -0.1) is 6.58 Å². The fourth-order valence-corrected chi connectivity index (χ4v) is 12.3. The maximum absolute atomic E-state index is 14.3. The minimum atomic E-state index is -2.51. The molecule has 8 rings (SSSR count). The highest BCUT2D eigenvalue weighted by Crippen LogP contribution is 2.40. The molecule has 3 aliphatic heterocycles. The predicted molar refractivity (Wildman–Crippen MR) is 320 cm³/mol. The average molecular weight is 1200 g/mol. The number of hydrogen-bond donors (Lipinski definition) is 6. The second kappa shape index (κ2) is 29.8. The number of aromatic amines is 1. The normalized spacial score (nSPS) is 30.8. The molecule has 0 radical (unpaired) electrons. The maximum Gasteiger partial charge on any atom is 0.417 e. The number of ether oxygens (including phenoxy) is 6. The van der Waals surface area contributed by atoms with Crippen LogP contribution in [-0.2, 0) is 42.9 Å². The molecule has 2 aromatic heterocycles. The van der Waals surface area contributed by atoms with Crippen LogP contribution in [0.2, 0.25) is 0 Å². The third-order valence-electron chi connectivity index (χ3n) is 17.2. The molecule has 0 unspecified atom stereocenters. The van der Waals surface area contributed by atoms with Gasteiger partial charge >= 0.3 is 11.7 Å². The molecule has 14 atom stereocenters. The van der Waals surface area contributed by atoms with Crippen LogP contribution >= 0.6 is 0 Å². The van der Waals surface area contributed by atoms with Gasteiger partial charge in [0.1, 0.15) is 29.9 Å². The van der Waals surface area contributed by atoms with Crippen LogP contribution in [0, 0.1) is 49.3 Å². The molecule has 2 aromatic carbocycles. The van der Waals surface area contributed by atoms with Crippen molar-refractivity contribution in [3.8, 4) is 5.75 Å². The number of carbonyl (C=O) groups is 4. The number of cyclic esters (lactones) is 1. The number of hydrogen-bond acceptors (Lipinski definition) is 19. The summed E-state index contributed by atoms with van der Waals surface area (Å²) in [6.45, 7) is 16.7. The number of rotatable bonds is 12. The van der Waals surface area contributed by atoms with Gasteiger partial charge in [0.15, 0.2) is 17.1 Å². The Labute approximate surface area is 502 Å². The number of allylic oxidation sites excluding steroid dienone is 4. The van der Waals surface area contributed by atoms with Crippen LogP contribution in [-0.4, -0.2) is 148 Å². The first-order valence-corrected chi connectivity index (χ1v) is 29.7. The molecule has 86 heavy (non-hydrogen) atoms. The van der Waals surface area contributed by atoms with E-state index in [-0.39, 0.29) is 55.3 Å². The molecule has 470 valence electrons. The van der Waals surface area contributed by atoms with Crippen molar-refractivity contribution in [2.45, 2.75) is 174 Å². The number of methoxy groups -OCH3 is 4. The Kier molecular flexibility index (Phi) is 23.2. The molecule has 1 aliphatic carbocycles. The van der Waals surface area contributed by atoms with Gasteiger partial charge in [-0.1, -0.05) is 44.6 Å². The summed E-state index contributed by atoms with van der Waals surface area (Å²) in [6.07, 6.45) is 6.60. The number of anilines is 4. The number of aliphatic hydroxyl groups is 3. The fraction of sp³-hybridized carbons (Fsp3) is 0.578. The zero-order chi connectivity index (χ0) is 62.7. The number of nitrogens with one attached hydrogen (secondary N) is 3. The summed E-state index contributed by atoms with van der Waals surface area (Å²) < 4.78 is 53.8. The van der Waals surface area contributed by atoms with E-state index in [4.69, 9.17) is 32.8 Å². The summed E-state index contributed by atoms with van der Waals surface area (Å²) in [5.74, 6) is -7.61. The number of Topliss-reactive ketones (excluding diaryl/α,β-unsaturated/α-hetero) is 2. The van der Waals surface area contributed by atoms with E-state index >= 15 is 0 Å². The van der Waals surface area contributed by atoms with Gasteiger partial charge in [0.25, 0.3) is 11.7 Å². The Morgan fingerprint density at radius 1 is 0.884 bits per heavy atom. The second-order valence-electron chi connectivity index (χ2n) is 23.8. The van der Waals surface area contributed by atoms with Gasteiger partial charge in [-0.05, 0) is 139 Å². The van der Waals surface area contributed by atoms with Crippen molar-refractivity contribution in [1.29, 1.82) is 0 Å². The van der Waals surface area contributed by atoms with Crippen LogP contribution in [0.4, 0.5) is 27.5 Å². The number of H-pyrrole nitrogens is 1. The van der Waals surface area contributed by atoms with Crippen molar-refractivity contribution in [2.24, 2.45) is 29.6 Å². The number of halogens is 1. The van der Waals surface area contributed by atoms with Crippen molar-refractivity contribution < 1.29 is 71.7 Å². The molecule has 5 heterocycles. The van der Waals surface area contributed by atoms with Crippen LogP contribution in [0.15, 0.2) is 81.7 Å². The monoisotopic (exact) mass is 1200 g/mol. The molecule has 2 saturated heterocycles. The molecule has 1 saturated carbocycles. The molecule has 6 N–H and O–H groups in total. The lowest BCUT2D eigenvalue weighted by atomic mass is 9.81. The van der Waals surface area contributed by atoms with Gasteiger partial charge in [0, 0.05) is 81.3 Å². The number of piperidine rings is 1. The minimum Gasteiger partial charge on any atom is -0.494 e. The van der Waals surface area contributed by atoms with Crippen molar-refractivity contribution in [3.63, 3.8) is 0 Å². The maximum atomic E-state index is 14.3. The summed E-state index contributed by atoms with van der Waals surface area (Å²) >= 11 is 0. The third kappa shape index (κ3) is 16.1. The molecule has 2 bridgehead atoms. The summed E-state index contributed by atoms with van der Waals surface area (Å²) in [5.41, 5.74) is 5.26. The third-order valence-corrected chi connectivity index (χ3v) is 17.2. The molecular formula is C64H87FN6O15. The lowest BCUT2D eigenvalue weighted by Crippen LogP contribution is -2.64. The highest BCUT2D eigenvalue weighted by molar-refractivity contribution is 6.39. The molecule has 4 aliphatic rings. The molecule has 0 spiro atoms. The van der Waals surface area contributed by atoms with Gasteiger partial charge in [-0.2, -0.15) is 4.98 Å². The predicted octanol–water partition coefficient (Wildman–Crippen LogP) is 8.80. The van der Waals surface area contributed by atoms with Gasteiger partial charge < -0.3 is 63.7 Å². The van der Waals surface area contributed by atoms with Crippen LogP contribution < -0.4 is 21.1 Å². The molecule has 3 fully saturated rings. The lowest BCUT2D eigenvalue weighted by molar-refractivity contribution is -0.302. The highest BCUT2D eigenvalue weighted by Gasteiger charge is 2.56. The van der Waals surface area contributed by atoms with Gasteiger partial charge in [0.05, 0.1) is 43.1 Å². The Balaban J connectivity index is 0.000000302. The van der Waals surface area contributed by atoms with E-state index in [1.54, 1.807) is 70.5 Å². The zero-order valence-corrected chi connectivity index (χ0v) is 51.4. The number of esters is 1. The number of amides is 1. The summed E-state index contributed by atoms with van der Waals surface area (Å²) in [4.78, 5) is 80.5. The molecule has 4 aromatic rings. The smallest absolute Gasteiger partial charge is 0.417 e. The first-order chi connectivity index (χ1) is 40.9. The van der Waals surface area contributed by atoms with E-state index in [1.165, 1.54) is 26.2 Å². The van der Waals surface area contributed by atoms with Crippen LogP contribution in [0.1, 0.15) is 116 Å². The first-order valence-electron chi connectivity index (χ1n) is 29.7. The largest absolute Gasteiger partial charge is 0.494 e. The van der Waals surface area contributed by atoms with Gasteiger partial charge in [-0.25, -0.2) is 19.0 Å². The summed E-state index contributed by atoms with van der Waals surface area (Å²) in [5, 5.41) is 40.4. The second-order valence-corrected chi connectivity index (χ2v) is 23.8. The highest BCUT2D eigenvalue weighted by atomic mass is 19.1. The summed E-state index contributed by atoms with van der Waals surface area (Å²) in [7, 11) is 6.02. The van der Waals surface area contributed by atoms with Crippen molar-refractivity contribution in [1.82, 2.24) is 19.9 Å². The van der Waals surface area contributed by atoms with E-state index in [0.717, 1.165) is 16.8 Å². The Bertz CT molecular complexity index is 3160. The minimum absolute atomic E-state index is 0.00988. The molecule has 21 nitrogen and oxygen atoms in total. The molecular weight excluding hydrogens is 1110 g/mol. The average Bonchev–Trinajstić information content (AvgIpc) is 1.89. The number of benzene rings is 2. The number of oxazole rings is 1. The number of aryl methyl sites for hydroxylation is 2. The van der Waals surface area contributed by atoms with Crippen LogP contribution in [0.3, 0.4) is 0 Å². The van der Waals surface area contributed by atoms with Gasteiger partial charge in [-0.3, -0.25) is 19.4 Å². The number of aromatic nitrogens is 3. The van der Waals surface area contributed by atoms with E-state index in [1.807, 2.05) is 39.8 Å².